The summed E-state index contributed by atoms with van der Waals surface area (Å²) in [4.78, 5) is 23.3. The van der Waals surface area contributed by atoms with Gasteiger partial charge in [-0.3, -0.25) is 14.9 Å². The molecule has 0 aliphatic rings. The molecular formula is C18H17FN4O2S2. The van der Waals surface area contributed by atoms with Gasteiger partial charge in [0, 0.05) is 17.8 Å². The van der Waals surface area contributed by atoms with Crippen molar-refractivity contribution in [2.24, 2.45) is 0 Å². The number of benzene rings is 2. The van der Waals surface area contributed by atoms with E-state index in [0.29, 0.717) is 17.8 Å². The highest BCUT2D eigenvalue weighted by molar-refractivity contribution is 7.80. The number of nitrogens with one attached hydrogen (secondary N) is 4. The summed E-state index contributed by atoms with van der Waals surface area (Å²) >= 11 is 10.1. The van der Waals surface area contributed by atoms with Crippen LogP contribution in [-0.4, -0.2) is 22.0 Å². The minimum Gasteiger partial charge on any atom is -0.332 e. The smallest absolute Gasteiger partial charge is 0.260 e. The lowest BCUT2D eigenvalue weighted by molar-refractivity contribution is -0.119. The second-order valence-electron chi connectivity index (χ2n) is 5.32. The fraction of sp³-hybridized carbons (Fsp3) is 0.111. The summed E-state index contributed by atoms with van der Waals surface area (Å²) in [5, 5.41) is 10.9. The third kappa shape index (κ3) is 6.39. The molecule has 9 heteroatoms. The predicted molar refractivity (Wildman–Crippen MR) is 111 cm³/mol. The average Bonchev–Trinajstić information content (AvgIpc) is 2.63. The second-order valence-corrected chi connectivity index (χ2v) is 6.14. The maximum absolute atomic E-state index is 13.6. The van der Waals surface area contributed by atoms with Crippen molar-refractivity contribution in [2.75, 3.05) is 10.6 Å². The molecule has 2 amide bonds. The zero-order valence-corrected chi connectivity index (χ0v) is 16.0. The van der Waals surface area contributed by atoms with Crippen molar-refractivity contribution < 1.29 is 14.0 Å². The second kappa shape index (κ2) is 9.70. The van der Waals surface area contributed by atoms with Crippen molar-refractivity contribution in [3.05, 3.63) is 59.9 Å². The Hall–Kier alpha value is -2.91. The van der Waals surface area contributed by atoms with E-state index in [-0.39, 0.29) is 21.7 Å². The zero-order chi connectivity index (χ0) is 19.8. The van der Waals surface area contributed by atoms with E-state index in [0.717, 1.165) is 0 Å². The lowest BCUT2D eigenvalue weighted by atomic mass is 10.2. The third-order valence-corrected chi connectivity index (χ3v) is 3.73. The van der Waals surface area contributed by atoms with Gasteiger partial charge in [0.05, 0.1) is 5.56 Å². The Bertz CT molecular complexity index is 872. The van der Waals surface area contributed by atoms with Gasteiger partial charge in [-0.15, -0.1) is 0 Å². The van der Waals surface area contributed by atoms with E-state index in [2.05, 4.69) is 21.3 Å². The Morgan fingerprint density at radius 1 is 0.889 bits per heavy atom. The van der Waals surface area contributed by atoms with Gasteiger partial charge >= 0.3 is 0 Å². The molecule has 140 valence electrons. The number of carbonyl (C=O) groups excluding carboxylic acids is 2. The highest BCUT2D eigenvalue weighted by Crippen LogP contribution is 2.13. The molecule has 27 heavy (non-hydrogen) atoms. The molecule has 0 aromatic heterocycles. The van der Waals surface area contributed by atoms with Crippen LogP contribution in [0.25, 0.3) is 0 Å². The van der Waals surface area contributed by atoms with E-state index in [1.165, 1.54) is 18.2 Å². The molecule has 2 aromatic carbocycles. The summed E-state index contributed by atoms with van der Waals surface area (Å²) < 4.78 is 13.6. The summed E-state index contributed by atoms with van der Waals surface area (Å²) in [7, 11) is 0. The van der Waals surface area contributed by atoms with Gasteiger partial charge in [0.1, 0.15) is 5.82 Å². The molecule has 0 unspecified atom stereocenters. The monoisotopic (exact) mass is 404 g/mol. The van der Waals surface area contributed by atoms with E-state index >= 15 is 0 Å². The first kappa shape index (κ1) is 20.4. The highest BCUT2D eigenvalue weighted by atomic mass is 32.1. The van der Waals surface area contributed by atoms with Gasteiger partial charge in [-0.25, -0.2) is 4.39 Å². The van der Waals surface area contributed by atoms with Gasteiger partial charge in [0.2, 0.25) is 5.91 Å². The molecule has 2 aromatic rings. The molecule has 0 saturated heterocycles. The standard InChI is InChI=1S/C18H17FN4O2S2/c1-2-15(24)22-17(26)20-11-7-9-12(10-8-11)21-18(27)23-16(25)13-5-3-4-6-14(13)19/h3-10H,2H2,1H3,(H2,20,22,24,26)(H2,21,23,25,27). The highest BCUT2D eigenvalue weighted by Gasteiger charge is 2.12. The maximum atomic E-state index is 13.6. The molecule has 0 heterocycles. The Kier molecular flexibility index (Phi) is 7.33. The third-order valence-electron chi connectivity index (χ3n) is 3.32. The normalized spacial score (nSPS) is 9.85. The number of hydrogen-bond acceptors (Lipinski definition) is 4. The number of carbonyl (C=O) groups is 2. The number of hydrogen-bond donors (Lipinski definition) is 4. The van der Waals surface area contributed by atoms with Crippen LogP contribution >= 0.6 is 24.4 Å². The Balaban J connectivity index is 1.89. The van der Waals surface area contributed by atoms with E-state index < -0.39 is 11.7 Å². The molecule has 0 aliphatic heterocycles. The molecule has 0 spiro atoms. The van der Waals surface area contributed by atoms with Crippen molar-refractivity contribution in [1.82, 2.24) is 10.6 Å². The van der Waals surface area contributed by atoms with Crippen LogP contribution in [0.4, 0.5) is 15.8 Å². The molecular weight excluding hydrogens is 387 g/mol. The molecule has 4 N–H and O–H groups in total. The van der Waals surface area contributed by atoms with Gasteiger partial charge in [0.15, 0.2) is 10.2 Å². The number of anilines is 2. The summed E-state index contributed by atoms with van der Waals surface area (Å²) in [5.74, 6) is -1.44. The van der Waals surface area contributed by atoms with Gasteiger partial charge < -0.3 is 16.0 Å². The Morgan fingerprint density at radius 3 is 1.93 bits per heavy atom. The Labute approximate surface area is 166 Å². The lowest BCUT2D eigenvalue weighted by Gasteiger charge is -2.12. The van der Waals surface area contributed by atoms with E-state index in [9.17, 15) is 14.0 Å². The minimum atomic E-state index is -0.638. The molecule has 2 rings (SSSR count). The van der Waals surface area contributed by atoms with Crippen molar-refractivity contribution in [3.8, 4) is 0 Å². The van der Waals surface area contributed by atoms with Crippen LogP contribution in [-0.2, 0) is 4.79 Å². The van der Waals surface area contributed by atoms with Crippen LogP contribution in [0.1, 0.15) is 23.7 Å². The van der Waals surface area contributed by atoms with E-state index in [4.69, 9.17) is 24.4 Å². The quantitative estimate of drug-likeness (QED) is 0.586. The van der Waals surface area contributed by atoms with Crippen LogP contribution in [0.2, 0.25) is 0 Å². The SMILES string of the molecule is CCC(=O)NC(=S)Nc1ccc(NC(=S)NC(=O)c2ccccc2F)cc1. The molecule has 0 saturated carbocycles. The topological polar surface area (TPSA) is 82.3 Å². The van der Waals surface area contributed by atoms with Gasteiger partial charge in [0.25, 0.3) is 5.91 Å². The van der Waals surface area contributed by atoms with Crippen molar-refractivity contribution in [1.29, 1.82) is 0 Å². The molecule has 0 radical (unpaired) electrons. The zero-order valence-electron chi connectivity index (χ0n) is 14.3. The van der Waals surface area contributed by atoms with Crippen LogP contribution in [0.15, 0.2) is 48.5 Å². The summed E-state index contributed by atoms with van der Waals surface area (Å²) in [5.41, 5.74) is 1.19. The van der Waals surface area contributed by atoms with Crippen LogP contribution in [0.5, 0.6) is 0 Å². The van der Waals surface area contributed by atoms with Gasteiger partial charge in [-0.1, -0.05) is 19.1 Å². The van der Waals surface area contributed by atoms with Gasteiger partial charge in [-0.05, 0) is 60.8 Å². The van der Waals surface area contributed by atoms with Crippen LogP contribution in [0, 0.1) is 5.82 Å². The largest absolute Gasteiger partial charge is 0.332 e. The fourth-order valence-corrected chi connectivity index (χ4v) is 2.43. The average molecular weight is 404 g/mol. The van der Waals surface area contributed by atoms with E-state index in [1.54, 1.807) is 37.3 Å². The Morgan fingerprint density at radius 2 is 1.41 bits per heavy atom. The van der Waals surface area contributed by atoms with Gasteiger partial charge in [-0.2, -0.15) is 0 Å². The predicted octanol–water partition coefficient (Wildman–Crippen LogP) is 3.18. The lowest BCUT2D eigenvalue weighted by Crippen LogP contribution is -2.34. The molecule has 0 atom stereocenters. The van der Waals surface area contributed by atoms with Crippen LogP contribution in [0.3, 0.4) is 0 Å². The maximum Gasteiger partial charge on any atom is 0.260 e. The number of thiocarbonyl (C=S) groups is 2. The van der Waals surface area contributed by atoms with E-state index in [1.807, 2.05) is 0 Å². The molecule has 0 fully saturated rings. The first-order chi connectivity index (χ1) is 12.9. The minimum absolute atomic E-state index is 0.0368. The van der Waals surface area contributed by atoms with Crippen LogP contribution < -0.4 is 21.3 Å². The molecule has 0 bridgehead atoms. The molecule has 0 aliphatic carbocycles. The van der Waals surface area contributed by atoms with Crippen molar-refractivity contribution >= 4 is 57.8 Å². The summed E-state index contributed by atoms with van der Waals surface area (Å²) in [6.07, 6.45) is 0.334. The number of halogens is 1. The first-order valence-corrected chi connectivity index (χ1v) is 8.78. The number of amides is 2. The number of rotatable bonds is 4. The van der Waals surface area contributed by atoms with Crippen molar-refractivity contribution in [2.45, 2.75) is 13.3 Å². The first-order valence-electron chi connectivity index (χ1n) is 7.96. The summed E-state index contributed by atoms with van der Waals surface area (Å²) in [6.45, 7) is 1.73. The molecule has 6 nitrogen and oxygen atoms in total. The fourth-order valence-electron chi connectivity index (χ4n) is 1.99. The summed E-state index contributed by atoms with van der Waals surface area (Å²) in [6, 6.07) is 12.5. The van der Waals surface area contributed by atoms with Crippen molar-refractivity contribution in [3.63, 3.8) is 0 Å².